The Morgan fingerprint density at radius 3 is 2.57 bits per heavy atom. The fourth-order valence-corrected chi connectivity index (χ4v) is 2.23. The molecule has 23 heavy (non-hydrogen) atoms. The molecule has 2 aromatic rings. The number of benzene rings is 2. The van der Waals surface area contributed by atoms with Crippen LogP contribution >= 0.6 is 0 Å². The normalized spacial score (nSPS) is 11.6. The van der Waals surface area contributed by atoms with Gasteiger partial charge in [-0.1, -0.05) is 24.3 Å². The van der Waals surface area contributed by atoms with Gasteiger partial charge >= 0.3 is 6.03 Å². The van der Waals surface area contributed by atoms with Crippen LogP contribution in [0.4, 0.5) is 16.2 Å². The number of amides is 2. The van der Waals surface area contributed by atoms with Crippen LogP contribution in [0.2, 0.25) is 0 Å². The zero-order valence-corrected chi connectivity index (χ0v) is 13.3. The quantitative estimate of drug-likeness (QED) is 0.681. The maximum Gasteiger partial charge on any atom is 0.322 e. The number of carbonyl (C=O) groups excluding carboxylic acids is 1. The highest BCUT2D eigenvalue weighted by Gasteiger charge is 2.19. The number of nitrogens with one attached hydrogen (secondary N) is 1. The van der Waals surface area contributed by atoms with Gasteiger partial charge in [0.25, 0.3) is 5.69 Å². The zero-order chi connectivity index (χ0) is 17.0. The number of hydrogen-bond donors (Lipinski definition) is 1. The molecule has 0 spiro atoms. The van der Waals surface area contributed by atoms with E-state index in [9.17, 15) is 14.9 Å². The third-order valence-corrected chi connectivity index (χ3v) is 3.73. The van der Waals surface area contributed by atoms with Gasteiger partial charge in [0.2, 0.25) is 0 Å². The summed E-state index contributed by atoms with van der Waals surface area (Å²) in [4.78, 5) is 24.3. The van der Waals surface area contributed by atoms with Crippen LogP contribution in [-0.4, -0.2) is 22.9 Å². The van der Waals surface area contributed by atoms with Crippen molar-refractivity contribution in [3.63, 3.8) is 0 Å². The monoisotopic (exact) mass is 313 g/mol. The Kier molecular flexibility index (Phi) is 4.95. The highest BCUT2D eigenvalue weighted by atomic mass is 16.6. The predicted molar refractivity (Wildman–Crippen MR) is 89.5 cm³/mol. The van der Waals surface area contributed by atoms with Crippen molar-refractivity contribution in [3.8, 4) is 0 Å². The smallest absolute Gasteiger partial charge is 0.321 e. The second-order valence-electron chi connectivity index (χ2n) is 5.44. The number of non-ortho nitro benzene ring substituents is 1. The second kappa shape index (κ2) is 6.91. The van der Waals surface area contributed by atoms with Crippen molar-refractivity contribution < 1.29 is 9.72 Å². The molecule has 2 rings (SSSR count). The molecule has 1 N–H and O–H groups in total. The topological polar surface area (TPSA) is 75.5 Å². The van der Waals surface area contributed by atoms with Crippen LogP contribution < -0.4 is 5.32 Å². The average molecular weight is 313 g/mol. The van der Waals surface area contributed by atoms with Crippen LogP contribution in [-0.2, 0) is 0 Å². The van der Waals surface area contributed by atoms with Gasteiger partial charge in [0.05, 0.1) is 11.0 Å². The molecule has 0 radical (unpaired) electrons. The van der Waals surface area contributed by atoms with Crippen molar-refractivity contribution in [3.05, 3.63) is 69.8 Å². The van der Waals surface area contributed by atoms with Crippen LogP contribution in [0.5, 0.6) is 0 Å². The van der Waals surface area contributed by atoms with Crippen molar-refractivity contribution in [1.82, 2.24) is 4.90 Å². The Bertz CT molecular complexity index is 731. The lowest BCUT2D eigenvalue weighted by molar-refractivity contribution is -0.384. The Morgan fingerprint density at radius 2 is 1.91 bits per heavy atom. The molecule has 0 aliphatic heterocycles. The summed E-state index contributed by atoms with van der Waals surface area (Å²) in [5.74, 6) is 0. The molecule has 1 atom stereocenters. The molecule has 120 valence electrons. The maximum absolute atomic E-state index is 12.3. The largest absolute Gasteiger partial charge is 0.322 e. The summed E-state index contributed by atoms with van der Waals surface area (Å²) in [6, 6.07) is 13.3. The number of hydrogen-bond acceptors (Lipinski definition) is 3. The first kappa shape index (κ1) is 16.5. The minimum atomic E-state index is -0.441. The lowest BCUT2D eigenvalue weighted by atomic mass is 10.1. The summed E-state index contributed by atoms with van der Waals surface area (Å²) >= 11 is 0. The Hall–Kier alpha value is -2.89. The van der Waals surface area contributed by atoms with Crippen molar-refractivity contribution >= 4 is 17.4 Å². The van der Waals surface area contributed by atoms with Gasteiger partial charge in [0, 0.05) is 24.9 Å². The third kappa shape index (κ3) is 4.06. The molecule has 0 aliphatic carbocycles. The molecule has 1 unspecified atom stereocenters. The third-order valence-electron chi connectivity index (χ3n) is 3.73. The summed E-state index contributed by atoms with van der Waals surface area (Å²) in [6.07, 6.45) is 0. The van der Waals surface area contributed by atoms with E-state index in [4.69, 9.17) is 0 Å². The van der Waals surface area contributed by atoms with E-state index in [-0.39, 0.29) is 17.8 Å². The summed E-state index contributed by atoms with van der Waals surface area (Å²) in [5, 5.41) is 13.7. The van der Waals surface area contributed by atoms with Crippen LogP contribution in [0.25, 0.3) is 0 Å². The van der Waals surface area contributed by atoms with Crippen LogP contribution in [0.3, 0.4) is 0 Å². The summed E-state index contributed by atoms with van der Waals surface area (Å²) in [7, 11) is 1.66. The maximum atomic E-state index is 12.3. The molecule has 0 saturated carbocycles. The number of nitro benzene ring substituents is 1. The van der Waals surface area contributed by atoms with Gasteiger partial charge in [0.15, 0.2) is 0 Å². The van der Waals surface area contributed by atoms with E-state index < -0.39 is 4.92 Å². The number of rotatable bonds is 4. The van der Waals surface area contributed by atoms with Crippen molar-refractivity contribution in [2.24, 2.45) is 0 Å². The number of urea groups is 1. The van der Waals surface area contributed by atoms with Gasteiger partial charge in [0.1, 0.15) is 0 Å². The van der Waals surface area contributed by atoms with Crippen LogP contribution in [0, 0.1) is 17.0 Å². The molecule has 0 bridgehead atoms. The fraction of sp³-hybridized carbons (Fsp3) is 0.235. The van der Waals surface area contributed by atoms with E-state index in [2.05, 4.69) is 5.32 Å². The van der Waals surface area contributed by atoms with Gasteiger partial charge in [-0.2, -0.15) is 0 Å². The van der Waals surface area contributed by atoms with E-state index in [0.717, 1.165) is 5.56 Å². The average Bonchev–Trinajstić information content (AvgIpc) is 2.53. The molecule has 0 fully saturated rings. The van der Waals surface area contributed by atoms with E-state index in [1.54, 1.807) is 19.2 Å². The molecule has 0 aromatic heterocycles. The molecule has 6 nitrogen and oxygen atoms in total. The molecular formula is C17H19N3O3. The fourth-order valence-electron chi connectivity index (χ4n) is 2.23. The summed E-state index contributed by atoms with van der Waals surface area (Å²) in [6.45, 7) is 3.78. The Morgan fingerprint density at radius 1 is 1.22 bits per heavy atom. The van der Waals surface area contributed by atoms with Crippen molar-refractivity contribution in [2.45, 2.75) is 19.9 Å². The Labute approximate surface area is 134 Å². The standard InChI is InChI=1S/C17H19N3O3/c1-12-6-4-8-15(10-12)18-17(21)19(3)13(2)14-7-5-9-16(11-14)20(22)23/h4-11,13H,1-3H3,(H,18,21). The number of anilines is 1. The lowest BCUT2D eigenvalue weighted by Gasteiger charge is -2.25. The molecule has 2 aromatic carbocycles. The van der Waals surface area contributed by atoms with Gasteiger partial charge in [-0.3, -0.25) is 10.1 Å². The minimum Gasteiger partial charge on any atom is -0.321 e. The second-order valence-corrected chi connectivity index (χ2v) is 5.44. The number of carbonyl (C=O) groups is 1. The molecule has 0 aliphatic rings. The highest BCUT2D eigenvalue weighted by Crippen LogP contribution is 2.23. The molecule has 0 saturated heterocycles. The first-order chi connectivity index (χ1) is 10.9. The van der Waals surface area contributed by atoms with Gasteiger partial charge in [-0.15, -0.1) is 0 Å². The molecule has 0 heterocycles. The lowest BCUT2D eigenvalue weighted by Crippen LogP contribution is -2.33. The van der Waals surface area contributed by atoms with E-state index in [0.29, 0.717) is 11.3 Å². The molecule has 2 amide bonds. The first-order valence-electron chi connectivity index (χ1n) is 7.23. The van der Waals surface area contributed by atoms with Crippen molar-refractivity contribution in [2.75, 3.05) is 12.4 Å². The summed E-state index contributed by atoms with van der Waals surface area (Å²) in [5.41, 5.74) is 2.49. The minimum absolute atomic E-state index is 0.0156. The first-order valence-corrected chi connectivity index (χ1v) is 7.23. The van der Waals surface area contributed by atoms with Crippen LogP contribution in [0.1, 0.15) is 24.1 Å². The van der Waals surface area contributed by atoms with E-state index in [1.807, 2.05) is 38.1 Å². The summed E-state index contributed by atoms with van der Waals surface area (Å²) < 4.78 is 0. The van der Waals surface area contributed by atoms with Crippen molar-refractivity contribution in [1.29, 1.82) is 0 Å². The van der Waals surface area contributed by atoms with Gasteiger partial charge < -0.3 is 10.2 Å². The van der Waals surface area contributed by atoms with Gasteiger partial charge in [-0.05, 0) is 37.1 Å². The highest BCUT2D eigenvalue weighted by molar-refractivity contribution is 5.89. The molecule has 6 heteroatoms. The van der Waals surface area contributed by atoms with E-state index in [1.165, 1.54) is 17.0 Å². The molecular weight excluding hydrogens is 294 g/mol. The predicted octanol–water partition coefficient (Wildman–Crippen LogP) is 4.13. The SMILES string of the molecule is Cc1cccc(NC(=O)N(C)C(C)c2cccc([N+](=O)[O-])c2)c1. The van der Waals surface area contributed by atoms with E-state index >= 15 is 0 Å². The number of nitro groups is 1. The number of nitrogens with zero attached hydrogens (tertiary/aromatic N) is 2. The number of aryl methyl sites for hydroxylation is 1. The van der Waals surface area contributed by atoms with Crippen LogP contribution in [0.15, 0.2) is 48.5 Å². The van der Waals surface area contributed by atoms with Gasteiger partial charge in [-0.25, -0.2) is 4.79 Å². The zero-order valence-electron chi connectivity index (χ0n) is 13.3. The Balaban J connectivity index is 2.12.